The fourth-order valence-corrected chi connectivity index (χ4v) is 2.67. The van der Waals surface area contributed by atoms with Crippen molar-refractivity contribution in [1.29, 1.82) is 0 Å². The third-order valence-corrected chi connectivity index (χ3v) is 3.88. The highest BCUT2D eigenvalue weighted by Gasteiger charge is 2.25. The molecule has 1 aliphatic heterocycles. The molecule has 0 radical (unpaired) electrons. The second-order valence-electron chi connectivity index (χ2n) is 6.09. The lowest BCUT2D eigenvalue weighted by Crippen LogP contribution is -2.42. The van der Waals surface area contributed by atoms with Crippen LogP contribution in [0.15, 0.2) is 10.6 Å². The number of nitrogens with zero attached hydrogens (tertiary/aromatic N) is 2. The first kappa shape index (κ1) is 19.9. The number of hydrogen-bond acceptors (Lipinski definition) is 7. The maximum absolute atomic E-state index is 12.5. The van der Waals surface area contributed by atoms with E-state index in [1.165, 1.54) is 4.90 Å². The first-order valence-electron chi connectivity index (χ1n) is 8.76. The van der Waals surface area contributed by atoms with E-state index in [0.717, 1.165) is 12.8 Å². The number of nitrogens with one attached hydrogen (secondary N) is 1. The van der Waals surface area contributed by atoms with E-state index in [1.807, 2.05) is 0 Å². The first-order valence-corrected chi connectivity index (χ1v) is 8.76. The zero-order valence-corrected chi connectivity index (χ0v) is 15.2. The van der Waals surface area contributed by atoms with Crippen molar-refractivity contribution in [1.82, 2.24) is 10.1 Å². The van der Waals surface area contributed by atoms with E-state index in [0.29, 0.717) is 24.7 Å². The zero-order chi connectivity index (χ0) is 18.9. The molecule has 1 atom stereocenters. The Labute approximate surface area is 152 Å². The Morgan fingerprint density at radius 1 is 1.38 bits per heavy atom. The average Bonchev–Trinajstić information content (AvgIpc) is 3.24. The molecule has 9 heteroatoms. The van der Waals surface area contributed by atoms with E-state index in [4.69, 9.17) is 14.0 Å². The maximum atomic E-state index is 12.5. The maximum Gasteiger partial charge on any atom is 0.306 e. The number of aromatic nitrogens is 1. The summed E-state index contributed by atoms with van der Waals surface area (Å²) in [7, 11) is 0. The number of esters is 1. The molecule has 9 nitrogen and oxygen atoms in total. The molecule has 1 saturated heterocycles. The third kappa shape index (κ3) is 6.47. The molecular formula is C17H25N3O6. The molecule has 2 rings (SSSR count). The predicted molar refractivity (Wildman–Crippen MR) is 91.3 cm³/mol. The Balaban J connectivity index is 1.91. The van der Waals surface area contributed by atoms with Gasteiger partial charge in [-0.15, -0.1) is 0 Å². The standard InChI is InChI=1S/C17H25N3O6/c1-3-24-17(23)7-6-16(22)20(10-13-5-4-8-25-13)11-15(21)18-14-9-12(2)26-19-14/h9,13H,3-8,10-11H2,1-2H3,(H,18,19,21). The largest absolute Gasteiger partial charge is 0.466 e. The van der Waals surface area contributed by atoms with E-state index >= 15 is 0 Å². The van der Waals surface area contributed by atoms with E-state index in [9.17, 15) is 14.4 Å². The van der Waals surface area contributed by atoms with Gasteiger partial charge >= 0.3 is 5.97 Å². The number of rotatable bonds is 9. The molecule has 26 heavy (non-hydrogen) atoms. The molecule has 1 aromatic rings. The van der Waals surface area contributed by atoms with Gasteiger partial charge in [0.2, 0.25) is 11.8 Å². The summed E-state index contributed by atoms with van der Waals surface area (Å²) in [4.78, 5) is 37.6. The normalized spacial score (nSPS) is 16.3. The summed E-state index contributed by atoms with van der Waals surface area (Å²) in [6.07, 6.45) is 1.65. The van der Waals surface area contributed by atoms with Crippen molar-refractivity contribution in [2.45, 2.75) is 45.6 Å². The third-order valence-electron chi connectivity index (χ3n) is 3.88. The Hall–Kier alpha value is -2.42. The number of amides is 2. The average molecular weight is 367 g/mol. The van der Waals surface area contributed by atoms with Gasteiger partial charge in [-0.1, -0.05) is 5.16 Å². The van der Waals surface area contributed by atoms with Crippen molar-refractivity contribution in [3.8, 4) is 0 Å². The summed E-state index contributed by atoms with van der Waals surface area (Å²) in [6, 6.07) is 1.59. The minimum Gasteiger partial charge on any atom is -0.466 e. The van der Waals surface area contributed by atoms with Crippen molar-refractivity contribution in [3.63, 3.8) is 0 Å². The van der Waals surface area contributed by atoms with Crippen LogP contribution in [0.3, 0.4) is 0 Å². The molecule has 1 aromatic heterocycles. The van der Waals surface area contributed by atoms with Gasteiger partial charge in [0.1, 0.15) is 5.76 Å². The topological polar surface area (TPSA) is 111 Å². The van der Waals surface area contributed by atoms with Gasteiger partial charge in [0.25, 0.3) is 0 Å². The van der Waals surface area contributed by atoms with Crippen LogP contribution in [0.25, 0.3) is 0 Å². The SMILES string of the molecule is CCOC(=O)CCC(=O)N(CC(=O)Nc1cc(C)on1)CC1CCCO1. The van der Waals surface area contributed by atoms with E-state index in [2.05, 4.69) is 10.5 Å². The Morgan fingerprint density at radius 2 is 2.19 bits per heavy atom. The summed E-state index contributed by atoms with van der Waals surface area (Å²) >= 11 is 0. The van der Waals surface area contributed by atoms with Gasteiger partial charge < -0.3 is 24.2 Å². The smallest absolute Gasteiger partial charge is 0.306 e. The molecular weight excluding hydrogens is 342 g/mol. The molecule has 1 fully saturated rings. The molecule has 2 heterocycles. The molecule has 1 aliphatic rings. The summed E-state index contributed by atoms with van der Waals surface area (Å²) < 4.78 is 15.3. The number of carbonyl (C=O) groups is 3. The highest BCUT2D eigenvalue weighted by Crippen LogP contribution is 2.15. The van der Waals surface area contributed by atoms with Crippen LogP contribution in [-0.4, -0.2) is 60.2 Å². The van der Waals surface area contributed by atoms with Crippen molar-refractivity contribution in [2.24, 2.45) is 0 Å². The summed E-state index contributed by atoms with van der Waals surface area (Å²) in [5.74, 6) is -0.244. The number of anilines is 1. The van der Waals surface area contributed by atoms with Gasteiger partial charge in [-0.3, -0.25) is 14.4 Å². The van der Waals surface area contributed by atoms with Gasteiger partial charge in [-0.2, -0.15) is 0 Å². The second-order valence-corrected chi connectivity index (χ2v) is 6.09. The number of carbonyl (C=O) groups excluding carboxylic acids is 3. The van der Waals surface area contributed by atoms with Gasteiger partial charge in [-0.05, 0) is 26.7 Å². The molecule has 1 N–H and O–H groups in total. The quantitative estimate of drug-likeness (QED) is 0.654. The van der Waals surface area contributed by atoms with Gasteiger partial charge in [-0.25, -0.2) is 0 Å². The number of aryl methyl sites for hydroxylation is 1. The van der Waals surface area contributed by atoms with Gasteiger partial charge in [0, 0.05) is 25.6 Å². The molecule has 0 bridgehead atoms. The summed E-state index contributed by atoms with van der Waals surface area (Å²) in [5.41, 5.74) is 0. The lowest BCUT2D eigenvalue weighted by Gasteiger charge is -2.24. The summed E-state index contributed by atoms with van der Waals surface area (Å²) in [5, 5.41) is 6.28. The van der Waals surface area contributed by atoms with Crippen LogP contribution in [0.4, 0.5) is 5.82 Å². The summed E-state index contributed by atoms with van der Waals surface area (Å²) in [6.45, 7) is 4.51. The second kappa shape index (κ2) is 9.91. The molecule has 144 valence electrons. The molecule has 2 amide bonds. The van der Waals surface area contributed by atoms with E-state index in [1.54, 1.807) is 19.9 Å². The monoisotopic (exact) mass is 367 g/mol. The van der Waals surface area contributed by atoms with Gasteiger partial charge in [0.15, 0.2) is 5.82 Å². The van der Waals surface area contributed by atoms with Crippen molar-refractivity contribution in [3.05, 3.63) is 11.8 Å². The van der Waals surface area contributed by atoms with Crippen LogP contribution in [0.5, 0.6) is 0 Å². The Kier molecular flexibility index (Phi) is 7.58. The zero-order valence-electron chi connectivity index (χ0n) is 15.2. The predicted octanol–water partition coefficient (Wildman–Crippen LogP) is 1.27. The Bertz CT molecular complexity index is 624. The molecule has 0 aliphatic carbocycles. The number of hydrogen-bond donors (Lipinski definition) is 1. The lowest BCUT2D eigenvalue weighted by atomic mass is 10.2. The van der Waals surface area contributed by atoms with Crippen LogP contribution in [0.2, 0.25) is 0 Å². The van der Waals surface area contributed by atoms with Crippen LogP contribution in [-0.2, 0) is 23.9 Å². The minimum absolute atomic E-state index is 0.0120. The van der Waals surface area contributed by atoms with Crippen molar-refractivity contribution in [2.75, 3.05) is 31.6 Å². The number of ether oxygens (including phenoxy) is 2. The van der Waals surface area contributed by atoms with E-state index in [-0.39, 0.29) is 43.9 Å². The molecule has 1 unspecified atom stereocenters. The highest BCUT2D eigenvalue weighted by atomic mass is 16.5. The van der Waals surface area contributed by atoms with E-state index < -0.39 is 5.97 Å². The molecule has 0 spiro atoms. The van der Waals surface area contributed by atoms with Crippen LogP contribution in [0, 0.1) is 6.92 Å². The lowest BCUT2D eigenvalue weighted by molar-refractivity contribution is -0.146. The Morgan fingerprint density at radius 3 is 2.81 bits per heavy atom. The molecule has 0 saturated carbocycles. The highest BCUT2D eigenvalue weighted by molar-refractivity contribution is 5.94. The fourth-order valence-electron chi connectivity index (χ4n) is 2.67. The van der Waals surface area contributed by atoms with Crippen molar-refractivity contribution < 1.29 is 28.4 Å². The van der Waals surface area contributed by atoms with Gasteiger partial charge in [0.05, 0.1) is 25.7 Å². The van der Waals surface area contributed by atoms with Crippen LogP contribution < -0.4 is 5.32 Å². The van der Waals surface area contributed by atoms with Crippen LogP contribution in [0.1, 0.15) is 38.4 Å². The first-order chi connectivity index (χ1) is 12.5. The van der Waals surface area contributed by atoms with Crippen molar-refractivity contribution >= 4 is 23.6 Å². The fraction of sp³-hybridized carbons (Fsp3) is 0.647. The van der Waals surface area contributed by atoms with Crippen LogP contribution >= 0.6 is 0 Å². The molecule has 0 aromatic carbocycles. The minimum atomic E-state index is -0.430.